The normalized spacial score (nSPS) is 26.2. The molecule has 1 atom stereocenters. The first-order valence-electron chi connectivity index (χ1n) is 2.45. The van der Waals surface area contributed by atoms with Gasteiger partial charge in [-0.3, -0.25) is 5.84 Å². The van der Waals surface area contributed by atoms with Gasteiger partial charge in [0.15, 0.2) is 6.29 Å². The summed E-state index contributed by atoms with van der Waals surface area (Å²) in [5, 5.41) is 2.97. The summed E-state index contributed by atoms with van der Waals surface area (Å²) >= 11 is 0. The van der Waals surface area contributed by atoms with Crippen LogP contribution in [0.5, 0.6) is 0 Å². The summed E-state index contributed by atoms with van der Waals surface area (Å²) in [4.78, 5) is 1.93. The van der Waals surface area contributed by atoms with Crippen molar-refractivity contribution in [1.29, 1.82) is 0 Å². The van der Waals surface area contributed by atoms with Crippen molar-refractivity contribution in [2.45, 2.75) is 6.29 Å². The number of nitrogens with zero attached hydrogens (tertiary/aromatic N) is 1. The predicted molar refractivity (Wildman–Crippen MR) is 31.1 cm³/mol. The van der Waals surface area contributed by atoms with Gasteiger partial charge in [-0.15, -0.1) is 0 Å². The minimum atomic E-state index is 0.0648. The van der Waals surface area contributed by atoms with E-state index in [0.717, 1.165) is 0 Å². The van der Waals surface area contributed by atoms with Crippen LogP contribution in [0.2, 0.25) is 0 Å². The molecule has 1 rings (SSSR count). The molecular weight excluding hydrogens is 104 g/mol. The Balaban J connectivity index is 2.38. The second kappa shape index (κ2) is 2.02. The molecular formula is C4H10N4. The Hall–Kier alpha value is -0.740. The smallest absolute Gasteiger partial charge is 0.166 e. The molecule has 1 aliphatic rings. The average Bonchev–Trinajstić information content (AvgIpc) is 2.14. The lowest BCUT2D eigenvalue weighted by Gasteiger charge is -2.18. The van der Waals surface area contributed by atoms with Crippen LogP contribution in [0, 0.1) is 0 Å². The van der Waals surface area contributed by atoms with E-state index in [-0.39, 0.29) is 6.29 Å². The van der Waals surface area contributed by atoms with E-state index in [1.165, 1.54) is 0 Å². The van der Waals surface area contributed by atoms with E-state index >= 15 is 0 Å². The molecule has 0 saturated heterocycles. The number of hydrazine groups is 1. The summed E-state index contributed by atoms with van der Waals surface area (Å²) < 4.78 is 0. The molecule has 0 fully saturated rings. The van der Waals surface area contributed by atoms with E-state index in [2.05, 4.69) is 10.7 Å². The van der Waals surface area contributed by atoms with E-state index in [1.807, 2.05) is 24.3 Å². The maximum absolute atomic E-state index is 5.13. The van der Waals surface area contributed by atoms with Gasteiger partial charge in [0, 0.05) is 19.4 Å². The van der Waals surface area contributed by atoms with Gasteiger partial charge in [0.1, 0.15) is 0 Å². The third-order valence-corrected chi connectivity index (χ3v) is 1.13. The molecule has 4 nitrogen and oxygen atoms in total. The van der Waals surface area contributed by atoms with Gasteiger partial charge in [-0.1, -0.05) is 0 Å². The van der Waals surface area contributed by atoms with Crippen molar-refractivity contribution in [3.63, 3.8) is 0 Å². The molecule has 0 bridgehead atoms. The average molecular weight is 114 g/mol. The molecule has 0 spiro atoms. The van der Waals surface area contributed by atoms with E-state index < -0.39 is 0 Å². The number of hydrogen-bond acceptors (Lipinski definition) is 4. The van der Waals surface area contributed by atoms with Gasteiger partial charge in [0.2, 0.25) is 0 Å². The van der Waals surface area contributed by atoms with Gasteiger partial charge in [0.25, 0.3) is 0 Å². The molecule has 0 aliphatic carbocycles. The molecule has 0 aromatic rings. The first-order chi connectivity index (χ1) is 3.84. The van der Waals surface area contributed by atoms with Crippen molar-refractivity contribution in [1.82, 2.24) is 15.6 Å². The lowest BCUT2D eigenvalue weighted by Crippen LogP contribution is -2.49. The fourth-order valence-electron chi connectivity index (χ4n) is 0.621. The Morgan fingerprint density at radius 2 is 2.62 bits per heavy atom. The molecule has 0 saturated carbocycles. The summed E-state index contributed by atoms with van der Waals surface area (Å²) in [6.45, 7) is 0. The summed E-state index contributed by atoms with van der Waals surface area (Å²) in [6, 6.07) is 0. The molecule has 1 aliphatic heterocycles. The van der Waals surface area contributed by atoms with Gasteiger partial charge >= 0.3 is 0 Å². The van der Waals surface area contributed by atoms with Crippen LogP contribution in [-0.2, 0) is 0 Å². The van der Waals surface area contributed by atoms with Crippen LogP contribution in [0.15, 0.2) is 12.4 Å². The summed E-state index contributed by atoms with van der Waals surface area (Å²) in [5.74, 6) is 5.13. The maximum Gasteiger partial charge on any atom is 0.166 e. The SMILES string of the molecule is CN1C=CNC1NN. The highest BCUT2D eigenvalue weighted by Gasteiger charge is 2.09. The fourth-order valence-corrected chi connectivity index (χ4v) is 0.621. The zero-order valence-electron chi connectivity index (χ0n) is 4.76. The van der Waals surface area contributed by atoms with Crippen LogP contribution in [0.3, 0.4) is 0 Å². The van der Waals surface area contributed by atoms with Crippen molar-refractivity contribution >= 4 is 0 Å². The Kier molecular flexibility index (Phi) is 1.36. The Bertz CT molecular complexity index is 100. The van der Waals surface area contributed by atoms with Crippen LogP contribution in [0.4, 0.5) is 0 Å². The monoisotopic (exact) mass is 114 g/mol. The first kappa shape index (κ1) is 5.40. The predicted octanol–water partition coefficient (Wildman–Crippen LogP) is -1.26. The third kappa shape index (κ3) is 0.753. The van der Waals surface area contributed by atoms with Crippen LogP contribution in [-0.4, -0.2) is 18.2 Å². The topological polar surface area (TPSA) is 53.3 Å². The van der Waals surface area contributed by atoms with Crippen LogP contribution >= 0.6 is 0 Å². The van der Waals surface area contributed by atoms with Crippen LogP contribution in [0.25, 0.3) is 0 Å². The lowest BCUT2D eigenvalue weighted by molar-refractivity contribution is 0.278. The molecule has 4 heteroatoms. The zero-order chi connectivity index (χ0) is 5.98. The van der Waals surface area contributed by atoms with Gasteiger partial charge in [0.05, 0.1) is 0 Å². The molecule has 0 radical (unpaired) electrons. The van der Waals surface area contributed by atoms with E-state index in [4.69, 9.17) is 5.84 Å². The Morgan fingerprint density at radius 3 is 2.88 bits per heavy atom. The van der Waals surface area contributed by atoms with Crippen LogP contribution < -0.4 is 16.6 Å². The van der Waals surface area contributed by atoms with Crippen molar-refractivity contribution in [2.24, 2.45) is 5.84 Å². The summed E-state index contributed by atoms with van der Waals surface area (Å²) in [6.07, 6.45) is 3.81. The number of hydrogen-bond donors (Lipinski definition) is 3. The fraction of sp³-hybridized carbons (Fsp3) is 0.500. The lowest BCUT2D eigenvalue weighted by atomic mass is 10.8. The summed E-state index contributed by atoms with van der Waals surface area (Å²) in [7, 11) is 1.93. The van der Waals surface area contributed by atoms with Gasteiger partial charge in [-0.25, -0.2) is 5.43 Å². The van der Waals surface area contributed by atoms with Crippen molar-refractivity contribution in [3.05, 3.63) is 12.4 Å². The second-order valence-corrected chi connectivity index (χ2v) is 1.72. The van der Waals surface area contributed by atoms with Crippen molar-refractivity contribution in [2.75, 3.05) is 7.05 Å². The van der Waals surface area contributed by atoms with Crippen LogP contribution in [0.1, 0.15) is 0 Å². The highest BCUT2D eigenvalue weighted by Crippen LogP contribution is 1.94. The minimum Gasteiger partial charge on any atom is -0.357 e. The van der Waals surface area contributed by atoms with Gasteiger partial charge in [-0.05, 0) is 0 Å². The highest BCUT2D eigenvalue weighted by atomic mass is 15.5. The zero-order valence-corrected chi connectivity index (χ0v) is 4.76. The number of rotatable bonds is 1. The van der Waals surface area contributed by atoms with E-state index in [9.17, 15) is 0 Å². The molecule has 1 unspecified atom stereocenters. The third-order valence-electron chi connectivity index (χ3n) is 1.13. The Morgan fingerprint density at radius 1 is 1.88 bits per heavy atom. The maximum atomic E-state index is 5.13. The molecule has 8 heavy (non-hydrogen) atoms. The second-order valence-electron chi connectivity index (χ2n) is 1.72. The number of nitrogens with two attached hydrogens (primary N) is 1. The van der Waals surface area contributed by atoms with Crippen molar-refractivity contribution in [3.8, 4) is 0 Å². The quantitative estimate of drug-likeness (QED) is 0.294. The minimum absolute atomic E-state index is 0.0648. The molecule has 4 N–H and O–H groups in total. The van der Waals surface area contributed by atoms with E-state index in [1.54, 1.807) is 0 Å². The van der Waals surface area contributed by atoms with E-state index in [0.29, 0.717) is 0 Å². The standard InChI is InChI=1S/C4H10N4/c1-8-3-2-6-4(8)7-5/h2-4,6-7H,5H2,1H3. The Labute approximate surface area is 48.3 Å². The molecule has 46 valence electrons. The first-order valence-corrected chi connectivity index (χ1v) is 2.45. The summed E-state index contributed by atoms with van der Waals surface area (Å²) in [5.41, 5.74) is 2.57. The highest BCUT2D eigenvalue weighted by molar-refractivity contribution is 4.89. The molecule has 0 aromatic heterocycles. The van der Waals surface area contributed by atoms with Crippen molar-refractivity contribution < 1.29 is 0 Å². The molecule has 1 heterocycles. The largest absolute Gasteiger partial charge is 0.357 e. The number of nitrogens with one attached hydrogen (secondary N) is 2. The van der Waals surface area contributed by atoms with Gasteiger partial charge in [-0.2, -0.15) is 0 Å². The molecule has 0 aromatic carbocycles. The molecule has 0 amide bonds. The van der Waals surface area contributed by atoms with Gasteiger partial charge < -0.3 is 10.2 Å².